The van der Waals surface area contributed by atoms with Gasteiger partial charge in [-0.25, -0.2) is 4.99 Å². The molecule has 8 nitrogen and oxygen atoms in total. The number of hydrogen-bond donors (Lipinski definition) is 2. The number of para-hydroxylation sites is 1. The molecule has 2 N–H and O–H groups in total. The van der Waals surface area contributed by atoms with Crippen LogP contribution in [-0.4, -0.2) is 49.9 Å². The molecule has 1 amide bonds. The lowest BCUT2D eigenvalue weighted by Crippen LogP contribution is -2.49. The summed E-state index contributed by atoms with van der Waals surface area (Å²) < 4.78 is 23.3. The standard InChI is InChI=1S/C35H34Cl2N2O6/c1-42-30-11-6-10-25(31(30)43-2)22-38-34(41)35(21-23-8-4-3-5-9-23)32(28-17-14-26(36)20-29(28)37)45-33(39-35)24-12-15-27(16-13-24)44-19-7-18-40/h3-6,8-17,20,32,40H,7,18-19,21-22H2,1-2H3,(H,38,41)/t32-,35-/m1/s1. The van der Waals surface area contributed by atoms with Gasteiger partial charge in [-0.2, -0.15) is 0 Å². The maximum Gasteiger partial charge on any atom is 0.252 e. The van der Waals surface area contributed by atoms with E-state index in [4.69, 9.17) is 52.2 Å². The number of aliphatic hydroxyl groups is 1. The quantitative estimate of drug-likeness (QED) is 0.159. The minimum Gasteiger partial charge on any atom is -0.494 e. The average Bonchev–Trinajstić information content (AvgIpc) is 3.44. The number of nitrogens with zero attached hydrogens (tertiary/aromatic N) is 1. The maximum atomic E-state index is 14.6. The number of halogens is 2. The first-order valence-electron chi connectivity index (χ1n) is 14.5. The molecule has 0 aromatic heterocycles. The van der Waals surface area contributed by atoms with Crippen LogP contribution in [0.5, 0.6) is 17.2 Å². The van der Waals surface area contributed by atoms with E-state index in [0.29, 0.717) is 51.4 Å². The van der Waals surface area contributed by atoms with Gasteiger partial charge in [-0.05, 0) is 48.0 Å². The first kappa shape index (κ1) is 32.2. The Morgan fingerprint density at radius 2 is 1.76 bits per heavy atom. The number of methoxy groups -OCH3 is 2. The normalized spacial score (nSPS) is 17.3. The summed E-state index contributed by atoms with van der Waals surface area (Å²) in [6, 6.07) is 27.5. The molecule has 10 heteroatoms. The molecule has 4 aromatic carbocycles. The lowest BCUT2D eigenvalue weighted by molar-refractivity contribution is -0.129. The van der Waals surface area contributed by atoms with Crippen LogP contribution in [0.15, 0.2) is 96.0 Å². The lowest BCUT2D eigenvalue weighted by atomic mass is 9.82. The Balaban J connectivity index is 1.57. The molecule has 2 atom stereocenters. The zero-order valence-corrected chi connectivity index (χ0v) is 26.5. The summed E-state index contributed by atoms with van der Waals surface area (Å²) in [6.45, 7) is 0.595. The molecule has 0 saturated heterocycles. The summed E-state index contributed by atoms with van der Waals surface area (Å²) >= 11 is 13.0. The van der Waals surface area contributed by atoms with Gasteiger partial charge in [0.05, 0.1) is 20.8 Å². The first-order chi connectivity index (χ1) is 21.9. The molecule has 0 unspecified atom stereocenters. The molecule has 45 heavy (non-hydrogen) atoms. The molecular formula is C35H34Cl2N2O6. The predicted octanol–water partition coefficient (Wildman–Crippen LogP) is 6.59. The summed E-state index contributed by atoms with van der Waals surface area (Å²) in [5.74, 6) is 1.66. The van der Waals surface area contributed by atoms with Crippen molar-refractivity contribution in [1.29, 1.82) is 0 Å². The van der Waals surface area contributed by atoms with E-state index < -0.39 is 11.6 Å². The molecule has 0 fully saturated rings. The highest BCUT2D eigenvalue weighted by atomic mass is 35.5. The molecule has 0 aliphatic carbocycles. The van der Waals surface area contributed by atoms with Crippen LogP contribution < -0.4 is 19.5 Å². The highest BCUT2D eigenvalue weighted by Crippen LogP contribution is 2.45. The molecule has 1 aliphatic rings. The minimum absolute atomic E-state index is 0.0491. The summed E-state index contributed by atoms with van der Waals surface area (Å²) in [5.41, 5.74) is 1.42. The van der Waals surface area contributed by atoms with Crippen molar-refractivity contribution in [3.8, 4) is 17.2 Å². The third-order valence-electron chi connectivity index (χ3n) is 7.52. The van der Waals surface area contributed by atoms with Crippen LogP contribution in [0.4, 0.5) is 0 Å². The smallest absolute Gasteiger partial charge is 0.252 e. The van der Waals surface area contributed by atoms with Crippen molar-refractivity contribution in [3.63, 3.8) is 0 Å². The Hall–Kier alpha value is -4.24. The number of aliphatic hydroxyl groups excluding tert-OH is 1. The monoisotopic (exact) mass is 648 g/mol. The van der Waals surface area contributed by atoms with Gasteiger partial charge >= 0.3 is 0 Å². The van der Waals surface area contributed by atoms with E-state index in [1.165, 1.54) is 0 Å². The van der Waals surface area contributed by atoms with Gasteiger partial charge < -0.3 is 29.4 Å². The molecule has 234 valence electrons. The van der Waals surface area contributed by atoms with Gasteiger partial charge in [0.25, 0.3) is 5.91 Å². The number of nitrogens with one attached hydrogen (secondary N) is 1. The highest BCUT2D eigenvalue weighted by molar-refractivity contribution is 6.35. The van der Waals surface area contributed by atoms with Gasteiger partial charge in [-0.1, -0.05) is 71.7 Å². The second kappa shape index (κ2) is 14.7. The van der Waals surface area contributed by atoms with Gasteiger partial charge in [0.15, 0.2) is 23.1 Å². The molecule has 0 saturated carbocycles. The molecular weight excluding hydrogens is 615 g/mol. The molecule has 1 heterocycles. The number of amides is 1. The molecule has 0 spiro atoms. The SMILES string of the molecule is COc1cccc(CNC(=O)[C@]2(Cc3ccccc3)N=C(c3ccc(OCCCO)cc3)O[C@@H]2c2ccc(Cl)cc2Cl)c1OC. The minimum atomic E-state index is -1.45. The largest absolute Gasteiger partial charge is 0.494 e. The van der Waals surface area contributed by atoms with Gasteiger partial charge in [0.1, 0.15) is 5.75 Å². The van der Waals surface area contributed by atoms with Crippen molar-refractivity contribution in [2.45, 2.75) is 31.0 Å². The van der Waals surface area contributed by atoms with Gasteiger partial charge in [-0.15, -0.1) is 0 Å². The lowest BCUT2D eigenvalue weighted by Gasteiger charge is -2.31. The Kier molecular flexibility index (Phi) is 10.5. The zero-order valence-electron chi connectivity index (χ0n) is 25.0. The summed E-state index contributed by atoms with van der Waals surface area (Å²) in [5, 5.41) is 13.0. The molecule has 1 aliphatic heterocycles. The van der Waals surface area contributed by atoms with Crippen molar-refractivity contribution in [1.82, 2.24) is 5.32 Å². The van der Waals surface area contributed by atoms with Crippen molar-refractivity contribution in [3.05, 3.63) is 123 Å². The maximum absolute atomic E-state index is 14.6. The van der Waals surface area contributed by atoms with Gasteiger partial charge in [0, 0.05) is 52.7 Å². The number of aliphatic imine (C=N–C) groups is 1. The van der Waals surface area contributed by atoms with E-state index in [1.54, 1.807) is 50.6 Å². The Bertz CT molecular complexity index is 1650. The highest BCUT2D eigenvalue weighted by Gasteiger charge is 2.53. The van der Waals surface area contributed by atoms with Crippen molar-refractivity contribution in [2.75, 3.05) is 27.4 Å². The third kappa shape index (κ3) is 7.20. The van der Waals surface area contributed by atoms with Crippen LogP contribution in [0.2, 0.25) is 10.0 Å². The summed E-state index contributed by atoms with van der Waals surface area (Å²) in [7, 11) is 3.12. The van der Waals surface area contributed by atoms with E-state index in [9.17, 15) is 4.79 Å². The van der Waals surface area contributed by atoms with Crippen LogP contribution in [-0.2, 0) is 22.5 Å². The van der Waals surface area contributed by atoms with Crippen LogP contribution in [0.1, 0.15) is 34.8 Å². The number of hydrogen-bond acceptors (Lipinski definition) is 7. The second-order valence-electron chi connectivity index (χ2n) is 10.5. The first-order valence-corrected chi connectivity index (χ1v) is 15.2. The van der Waals surface area contributed by atoms with Crippen molar-refractivity contribution < 1.29 is 28.8 Å². The molecule has 0 bridgehead atoms. The fraction of sp³-hybridized carbons (Fsp3) is 0.257. The van der Waals surface area contributed by atoms with E-state index in [-0.39, 0.29) is 31.4 Å². The summed E-state index contributed by atoms with van der Waals surface area (Å²) in [4.78, 5) is 19.6. The fourth-order valence-electron chi connectivity index (χ4n) is 5.30. The number of rotatable bonds is 13. The Labute approximate surface area is 272 Å². The Morgan fingerprint density at radius 3 is 2.44 bits per heavy atom. The van der Waals surface area contributed by atoms with Crippen molar-refractivity contribution >= 4 is 35.0 Å². The summed E-state index contributed by atoms with van der Waals surface area (Å²) in [6.07, 6.45) is -0.130. The topological polar surface area (TPSA) is 98.6 Å². The number of carbonyl (C=O) groups is 1. The van der Waals surface area contributed by atoms with E-state index >= 15 is 0 Å². The van der Waals surface area contributed by atoms with Crippen LogP contribution in [0.3, 0.4) is 0 Å². The zero-order chi connectivity index (χ0) is 31.8. The van der Waals surface area contributed by atoms with Gasteiger partial charge in [0.2, 0.25) is 5.90 Å². The van der Waals surface area contributed by atoms with E-state index in [0.717, 1.165) is 11.1 Å². The van der Waals surface area contributed by atoms with E-state index in [1.807, 2.05) is 54.6 Å². The predicted molar refractivity (Wildman–Crippen MR) is 175 cm³/mol. The fourth-order valence-corrected chi connectivity index (χ4v) is 5.81. The number of ether oxygens (including phenoxy) is 4. The van der Waals surface area contributed by atoms with Crippen LogP contribution in [0, 0.1) is 0 Å². The second-order valence-corrected chi connectivity index (χ2v) is 11.3. The Morgan fingerprint density at radius 1 is 0.978 bits per heavy atom. The third-order valence-corrected chi connectivity index (χ3v) is 8.08. The van der Waals surface area contributed by atoms with Gasteiger partial charge in [-0.3, -0.25) is 4.79 Å². The van der Waals surface area contributed by atoms with Crippen LogP contribution >= 0.6 is 23.2 Å². The van der Waals surface area contributed by atoms with Crippen molar-refractivity contribution in [2.24, 2.45) is 4.99 Å². The molecule has 4 aromatic rings. The van der Waals surface area contributed by atoms with Crippen LogP contribution in [0.25, 0.3) is 0 Å². The number of carbonyl (C=O) groups excluding carboxylic acids is 1. The molecule has 5 rings (SSSR count). The molecule has 0 radical (unpaired) electrons. The van der Waals surface area contributed by atoms with E-state index in [2.05, 4.69) is 5.32 Å². The average molecular weight is 650 g/mol. The number of benzene rings is 4.